The van der Waals surface area contributed by atoms with Gasteiger partial charge in [0, 0.05) is 12.7 Å². The van der Waals surface area contributed by atoms with Gasteiger partial charge in [-0.05, 0) is 24.3 Å². The smallest absolute Gasteiger partial charge is 0.280 e. The summed E-state index contributed by atoms with van der Waals surface area (Å²) in [5.41, 5.74) is 1.95. The first-order valence-electron chi connectivity index (χ1n) is 6.56. The predicted molar refractivity (Wildman–Crippen MR) is 80.5 cm³/mol. The molecule has 5 heteroatoms. The molecule has 0 unspecified atom stereocenters. The van der Waals surface area contributed by atoms with Crippen LogP contribution < -0.4 is 4.90 Å². The van der Waals surface area contributed by atoms with Gasteiger partial charge in [-0.3, -0.25) is 4.79 Å². The van der Waals surface area contributed by atoms with Crippen molar-refractivity contribution in [2.45, 2.75) is 0 Å². The summed E-state index contributed by atoms with van der Waals surface area (Å²) < 4.78 is 0. The van der Waals surface area contributed by atoms with E-state index in [9.17, 15) is 4.79 Å². The highest BCUT2D eigenvalue weighted by molar-refractivity contribution is 6.04. The first-order chi connectivity index (χ1) is 10.3. The maximum atomic E-state index is 12.4. The fraction of sp³-hybridized carbons (Fsp3) is 0.0625. The van der Waals surface area contributed by atoms with E-state index in [1.165, 1.54) is 11.0 Å². The average molecular weight is 278 g/mol. The minimum atomic E-state index is -0.191. The maximum Gasteiger partial charge on any atom is 0.280 e. The zero-order chi connectivity index (χ0) is 14.7. The third-order valence-electron chi connectivity index (χ3n) is 3.15. The Balaban J connectivity index is 1.85. The lowest BCUT2D eigenvalue weighted by Gasteiger charge is -2.15. The third-order valence-corrected chi connectivity index (χ3v) is 3.15. The van der Waals surface area contributed by atoms with Gasteiger partial charge in [-0.1, -0.05) is 36.4 Å². The van der Waals surface area contributed by atoms with E-state index in [0.29, 0.717) is 5.69 Å². The molecule has 0 atom stereocenters. The number of hydrogen-bond donors (Lipinski definition) is 0. The molecular formula is C16H14N4O. The summed E-state index contributed by atoms with van der Waals surface area (Å²) in [6.07, 6.45) is 1.48. The van der Waals surface area contributed by atoms with Crippen LogP contribution in [0.25, 0.3) is 5.69 Å². The lowest BCUT2D eigenvalue weighted by atomic mass is 10.3. The summed E-state index contributed by atoms with van der Waals surface area (Å²) in [7, 11) is 1.72. The Kier molecular flexibility index (Phi) is 3.47. The summed E-state index contributed by atoms with van der Waals surface area (Å²) in [6, 6.07) is 18.9. The molecule has 1 aromatic heterocycles. The fourth-order valence-corrected chi connectivity index (χ4v) is 1.99. The van der Waals surface area contributed by atoms with Crippen LogP contribution in [0.2, 0.25) is 0 Å². The largest absolute Gasteiger partial charge is 0.310 e. The average Bonchev–Trinajstić information content (AvgIpc) is 3.05. The Morgan fingerprint density at radius 3 is 2.29 bits per heavy atom. The normalized spacial score (nSPS) is 10.3. The van der Waals surface area contributed by atoms with Gasteiger partial charge in [0.25, 0.3) is 5.91 Å². The quantitative estimate of drug-likeness (QED) is 0.739. The number of carbonyl (C=O) groups is 1. The molecule has 0 bridgehead atoms. The molecule has 0 spiro atoms. The highest BCUT2D eigenvalue weighted by Gasteiger charge is 2.17. The summed E-state index contributed by atoms with van der Waals surface area (Å²) in [5.74, 6) is -0.191. The van der Waals surface area contributed by atoms with Gasteiger partial charge in [-0.2, -0.15) is 9.90 Å². The second-order valence-corrected chi connectivity index (χ2v) is 4.55. The lowest BCUT2D eigenvalue weighted by Crippen LogP contribution is -2.26. The molecule has 3 aromatic rings. The molecule has 0 aliphatic carbocycles. The fourth-order valence-electron chi connectivity index (χ4n) is 1.99. The van der Waals surface area contributed by atoms with Crippen molar-refractivity contribution in [2.24, 2.45) is 0 Å². The van der Waals surface area contributed by atoms with E-state index in [-0.39, 0.29) is 5.91 Å². The molecule has 21 heavy (non-hydrogen) atoms. The van der Waals surface area contributed by atoms with Crippen molar-refractivity contribution >= 4 is 11.6 Å². The van der Waals surface area contributed by atoms with Gasteiger partial charge in [-0.25, -0.2) is 0 Å². The Morgan fingerprint density at radius 2 is 1.62 bits per heavy atom. The van der Waals surface area contributed by atoms with Crippen LogP contribution in [0.5, 0.6) is 0 Å². The van der Waals surface area contributed by atoms with Crippen LogP contribution in [0.3, 0.4) is 0 Å². The van der Waals surface area contributed by atoms with Crippen LogP contribution in [-0.2, 0) is 0 Å². The topological polar surface area (TPSA) is 51.0 Å². The van der Waals surface area contributed by atoms with Gasteiger partial charge >= 0.3 is 0 Å². The number of benzene rings is 2. The lowest BCUT2D eigenvalue weighted by molar-refractivity contribution is 0.0988. The Labute approximate surface area is 122 Å². The van der Waals surface area contributed by atoms with E-state index in [4.69, 9.17) is 0 Å². The predicted octanol–water partition coefficient (Wildman–Crippen LogP) is 2.54. The number of anilines is 1. The van der Waals surface area contributed by atoms with Crippen molar-refractivity contribution in [3.8, 4) is 5.69 Å². The van der Waals surface area contributed by atoms with Crippen LogP contribution >= 0.6 is 0 Å². The van der Waals surface area contributed by atoms with Gasteiger partial charge in [-0.15, -0.1) is 5.10 Å². The van der Waals surface area contributed by atoms with Crippen molar-refractivity contribution < 1.29 is 4.79 Å². The van der Waals surface area contributed by atoms with Crippen molar-refractivity contribution in [3.63, 3.8) is 0 Å². The molecule has 1 amide bonds. The molecule has 0 saturated carbocycles. The second kappa shape index (κ2) is 5.58. The van der Waals surface area contributed by atoms with Gasteiger partial charge in [0.05, 0.1) is 11.9 Å². The number of carbonyl (C=O) groups excluding carboxylic acids is 1. The van der Waals surface area contributed by atoms with Crippen molar-refractivity contribution in [1.29, 1.82) is 0 Å². The molecule has 0 radical (unpaired) electrons. The van der Waals surface area contributed by atoms with Crippen LogP contribution in [0, 0.1) is 0 Å². The van der Waals surface area contributed by atoms with Gasteiger partial charge < -0.3 is 4.90 Å². The molecule has 1 heterocycles. The second-order valence-electron chi connectivity index (χ2n) is 4.55. The molecule has 2 aromatic carbocycles. The summed E-state index contributed by atoms with van der Waals surface area (Å²) >= 11 is 0. The van der Waals surface area contributed by atoms with Gasteiger partial charge in [0.2, 0.25) is 0 Å². The summed E-state index contributed by atoms with van der Waals surface area (Å²) in [5, 5.41) is 8.38. The molecule has 0 aliphatic heterocycles. The van der Waals surface area contributed by atoms with E-state index < -0.39 is 0 Å². The van der Waals surface area contributed by atoms with Crippen LogP contribution in [0.15, 0.2) is 66.9 Å². The molecule has 104 valence electrons. The third kappa shape index (κ3) is 2.67. The SMILES string of the molecule is CN(C(=O)c1cnn(-c2ccccc2)n1)c1ccccc1. The zero-order valence-electron chi connectivity index (χ0n) is 11.5. The number of aromatic nitrogens is 3. The van der Waals surface area contributed by atoms with Crippen molar-refractivity contribution in [3.05, 3.63) is 72.6 Å². The van der Waals surface area contributed by atoms with E-state index >= 15 is 0 Å². The van der Waals surface area contributed by atoms with Gasteiger partial charge in [0.1, 0.15) is 0 Å². The molecule has 0 saturated heterocycles. The number of hydrogen-bond acceptors (Lipinski definition) is 3. The highest BCUT2D eigenvalue weighted by atomic mass is 16.2. The number of rotatable bonds is 3. The van der Waals surface area contributed by atoms with E-state index in [1.807, 2.05) is 60.7 Å². The van der Waals surface area contributed by atoms with E-state index in [1.54, 1.807) is 11.9 Å². The van der Waals surface area contributed by atoms with Crippen molar-refractivity contribution in [2.75, 3.05) is 11.9 Å². The standard InChI is InChI=1S/C16H14N4O/c1-19(13-8-4-2-5-9-13)16(21)15-12-17-20(18-15)14-10-6-3-7-11-14/h2-12H,1H3. The number of nitrogens with zero attached hydrogens (tertiary/aromatic N) is 4. The van der Waals surface area contributed by atoms with Crippen LogP contribution in [0.1, 0.15) is 10.5 Å². The van der Waals surface area contributed by atoms with Gasteiger partial charge in [0.15, 0.2) is 5.69 Å². The first kappa shape index (κ1) is 13.1. The Hall–Kier alpha value is -2.95. The molecule has 0 fully saturated rings. The maximum absolute atomic E-state index is 12.4. The first-order valence-corrected chi connectivity index (χ1v) is 6.56. The number of amides is 1. The minimum Gasteiger partial charge on any atom is -0.310 e. The van der Waals surface area contributed by atoms with E-state index in [2.05, 4.69) is 10.2 Å². The van der Waals surface area contributed by atoms with Crippen LogP contribution in [-0.4, -0.2) is 27.9 Å². The molecule has 0 N–H and O–H groups in total. The zero-order valence-corrected chi connectivity index (χ0v) is 11.5. The van der Waals surface area contributed by atoms with Crippen molar-refractivity contribution in [1.82, 2.24) is 15.0 Å². The Morgan fingerprint density at radius 1 is 1.00 bits per heavy atom. The van der Waals surface area contributed by atoms with Crippen LogP contribution in [0.4, 0.5) is 5.69 Å². The highest BCUT2D eigenvalue weighted by Crippen LogP contribution is 2.14. The summed E-state index contributed by atoms with van der Waals surface area (Å²) in [4.78, 5) is 15.4. The Bertz CT molecular complexity index is 737. The molecule has 0 aliphatic rings. The minimum absolute atomic E-state index is 0.191. The monoisotopic (exact) mass is 278 g/mol. The van der Waals surface area contributed by atoms with E-state index in [0.717, 1.165) is 11.4 Å². The molecular weight excluding hydrogens is 264 g/mol. The molecule has 3 rings (SSSR count). The number of para-hydroxylation sites is 2. The molecule has 5 nitrogen and oxygen atoms in total. The summed E-state index contributed by atoms with van der Waals surface area (Å²) in [6.45, 7) is 0.